The van der Waals surface area contributed by atoms with E-state index in [4.69, 9.17) is 5.73 Å². The number of unbranched alkanes of at least 4 members (excludes halogenated alkanes) is 3. The minimum Gasteiger partial charge on any atom is -0.326 e. The Kier molecular flexibility index (Phi) is 10.2. The highest BCUT2D eigenvalue weighted by Crippen LogP contribution is 2.10. The molecule has 0 radical (unpaired) electrons. The Morgan fingerprint density at radius 2 is 1.33 bits per heavy atom. The van der Waals surface area contributed by atoms with Crippen LogP contribution in [0.15, 0.2) is 24.3 Å². The summed E-state index contributed by atoms with van der Waals surface area (Å²) < 4.78 is 0. The summed E-state index contributed by atoms with van der Waals surface area (Å²) in [4.78, 5) is 2.62. The molecule has 0 heterocycles. The Bertz CT molecular complexity index is 339. The standard InChI is InChI=1S/C19H34N2/c1-3-14-21(15-4-2)16-8-6-5-7-9-18-10-12-19(17-20)13-11-18/h10-13H,3-9,14-17,20H2,1-2H3. The van der Waals surface area contributed by atoms with Crippen molar-refractivity contribution in [3.63, 3.8) is 0 Å². The van der Waals surface area contributed by atoms with Gasteiger partial charge in [-0.2, -0.15) is 0 Å². The number of aryl methyl sites for hydroxylation is 1. The van der Waals surface area contributed by atoms with Gasteiger partial charge in [-0.1, -0.05) is 51.0 Å². The van der Waals surface area contributed by atoms with Crippen LogP contribution < -0.4 is 5.73 Å². The normalized spacial score (nSPS) is 11.2. The summed E-state index contributed by atoms with van der Waals surface area (Å²) in [6, 6.07) is 8.77. The molecule has 0 bridgehead atoms. The van der Waals surface area contributed by atoms with Crippen LogP contribution in [0.3, 0.4) is 0 Å². The molecule has 0 fully saturated rings. The van der Waals surface area contributed by atoms with E-state index in [1.54, 1.807) is 0 Å². The second-order valence-electron chi connectivity index (χ2n) is 6.03. The van der Waals surface area contributed by atoms with Crippen LogP contribution in [0.5, 0.6) is 0 Å². The molecule has 21 heavy (non-hydrogen) atoms. The lowest BCUT2D eigenvalue weighted by atomic mass is 10.0. The SMILES string of the molecule is CCCN(CCC)CCCCCCc1ccc(CN)cc1. The maximum atomic E-state index is 5.62. The number of nitrogens with zero attached hydrogens (tertiary/aromatic N) is 1. The topological polar surface area (TPSA) is 29.3 Å². The van der Waals surface area contributed by atoms with Crippen molar-refractivity contribution in [3.8, 4) is 0 Å². The van der Waals surface area contributed by atoms with Gasteiger partial charge in [-0.25, -0.2) is 0 Å². The lowest BCUT2D eigenvalue weighted by Crippen LogP contribution is -2.26. The van der Waals surface area contributed by atoms with Gasteiger partial charge in [-0.3, -0.25) is 0 Å². The molecule has 2 nitrogen and oxygen atoms in total. The Morgan fingerprint density at radius 1 is 0.762 bits per heavy atom. The summed E-state index contributed by atoms with van der Waals surface area (Å²) in [5, 5.41) is 0. The molecule has 0 atom stereocenters. The molecule has 1 rings (SSSR count). The Hall–Kier alpha value is -0.860. The van der Waals surface area contributed by atoms with Crippen LogP contribution in [0.25, 0.3) is 0 Å². The fourth-order valence-corrected chi connectivity index (χ4v) is 2.83. The zero-order valence-corrected chi connectivity index (χ0v) is 14.1. The van der Waals surface area contributed by atoms with Crippen molar-refractivity contribution in [2.45, 2.75) is 65.3 Å². The molecule has 2 heteroatoms. The maximum absolute atomic E-state index is 5.62. The van der Waals surface area contributed by atoms with Gasteiger partial charge < -0.3 is 10.6 Å². The molecule has 0 saturated heterocycles. The summed E-state index contributed by atoms with van der Waals surface area (Å²) in [5.41, 5.74) is 8.30. The average molecular weight is 290 g/mol. The molecule has 0 aliphatic heterocycles. The molecule has 0 saturated carbocycles. The van der Waals surface area contributed by atoms with Crippen molar-refractivity contribution in [2.24, 2.45) is 5.73 Å². The van der Waals surface area contributed by atoms with Crippen LogP contribution in [0.2, 0.25) is 0 Å². The summed E-state index contributed by atoms with van der Waals surface area (Å²) in [6.45, 7) is 9.01. The molecule has 120 valence electrons. The summed E-state index contributed by atoms with van der Waals surface area (Å²) >= 11 is 0. The first-order valence-electron chi connectivity index (χ1n) is 8.80. The third kappa shape index (κ3) is 8.23. The molecular formula is C19H34N2. The van der Waals surface area contributed by atoms with E-state index in [2.05, 4.69) is 43.0 Å². The zero-order chi connectivity index (χ0) is 15.3. The second kappa shape index (κ2) is 11.8. The third-order valence-electron chi connectivity index (χ3n) is 4.03. The van der Waals surface area contributed by atoms with E-state index in [0.717, 1.165) is 0 Å². The van der Waals surface area contributed by atoms with E-state index in [1.165, 1.54) is 75.7 Å². The number of rotatable bonds is 12. The Labute approximate surface area is 131 Å². The predicted molar refractivity (Wildman–Crippen MR) is 93.5 cm³/mol. The molecular weight excluding hydrogens is 256 g/mol. The second-order valence-corrected chi connectivity index (χ2v) is 6.03. The minimum atomic E-state index is 0.645. The highest BCUT2D eigenvalue weighted by molar-refractivity contribution is 5.22. The summed E-state index contributed by atoms with van der Waals surface area (Å²) in [7, 11) is 0. The zero-order valence-electron chi connectivity index (χ0n) is 14.1. The van der Waals surface area contributed by atoms with Crippen molar-refractivity contribution < 1.29 is 0 Å². The van der Waals surface area contributed by atoms with Crippen LogP contribution in [0.1, 0.15) is 63.5 Å². The molecule has 0 aliphatic carbocycles. The van der Waals surface area contributed by atoms with Gasteiger partial charge in [0.25, 0.3) is 0 Å². The molecule has 0 spiro atoms. The monoisotopic (exact) mass is 290 g/mol. The van der Waals surface area contributed by atoms with Gasteiger partial charge in [0.1, 0.15) is 0 Å². The van der Waals surface area contributed by atoms with E-state index in [1.807, 2.05) is 0 Å². The van der Waals surface area contributed by atoms with Gasteiger partial charge >= 0.3 is 0 Å². The summed E-state index contributed by atoms with van der Waals surface area (Å²) in [5.74, 6) is 0. The molecule has 0 aliphatic rings. The average Bonchev–Trinajstić information content (AvgIpc) is 2.51. The van der Waals surface area contributed by atoms with E-state index in [-0.39, 0.29) is 0 Å². The number of nitrogens with two attached hydrogens (primary N) is 1. The Morgan fingerprint density at radius 3 is 1.90 bits per heavy atom. The van der Waals surface area contributed by atoms with Crippen LogP contribution in [0, 0.1) is 0 Å². The quantitative estimate of drug-likeness (QED) is 0.579. The van der Waals surface area contributed by atoms with E-state index in [0.29, 0.717) is 6.54 Å². The van der Waals surface area contributed by atoms with Crippen molar-refractivity contribution in [2.75, 3.05) is 19.6 Å². The first kappa shape index (κ1) is 18.2. The van der Waals surface area contributed by atoms with Crippen molar-refractivity contribution in [1.29, 1.82) is 0 Å². The molecule has 0 amide bonds. The van der Waals surface area contributed by atoms with Crippen LogP contribution >= 0.6 is 0 Å². The fraction of sp³-hybridized carbons (Fsp3) is 0.684. The summed E-state index contributed by atoms with van der Waals surface area (Å²) in [6.07, 6.45) is 9.14. The number of benzene rings is 1. The van der Waals surface area contributed by atoms with Crippen molar-refractivity contribution >= 4 is 0 Å². The number of hydrogen-bond acceptors (Lipinski definition) is 2. The van der Waals surface area contributed by atoms with Crippen LogP contribution in [-0.4, -0.2) is 24.5 Å². The van der Waals surface area contributed by atoms with Crippen LogP contribution in [-0.2, 0) is 13.0 Å². The molecule has 2 N–H and O–H groups in total. The van der Waals surface area contributed by atoms with Crippen molar-refractivity contribution in [3.05, 3.63) is 35.4 Å². The molecule has 0 unspecified atom stereocenters. The van der Waals surface area contributed by atoms with Gasteiger partial charge in [0.15, 0.2) is 0 Å². The van der Waals surface area contributed by atoms with E-state index >= 15 is 0 Å². The van der Waals surface area contributed by atoms with E-state index in [9.17, 15) is 0 Å². The van der Waals surface area contributed by atoms with Gasteiger partial charge in [0.2, 0.25) is 0 Å². The lowest BCUT2D eigenvalue weighted by molar-refractivity contribution is 0.268. The maximum Gasteiger partial charge on any atom is 0.0178 e. The fourth-order valence-electron chi connectivity index (χ4n) is 2.83. The van der Waals surface area contributed by atoms with Crippen molar-refractivity contribution in [1.82, 2.24) is 4.90 Å². The largest absolute Gasteiger partial charge is 0.326 e. The Balaban J connectivity index is 2.07. The molecule has 0 aromatic heterocycles. The third-order valence-corrected chi connectivity index (χ3v) is 4.03. The minimum absolute atomic E-state index is 0.645. The van der Waals surface area contributed by atoms with Gasteiger partial charge in [-0.05, 0) is 62.9 Å². The number of hydrogen-bond donors (Lipinski definition) is 1. The van der Waals surface area contributed by atoms with Crippen LogP contribution in [0.4, 0.5) is 0 Å². The van der Waals surface area contributed by atoms with Gasteiger partial charge in [0.05, 0.1) is 0 Å². The highest BCUT2D eigenvalue weighted by Gasteiger charge is 2.01. The van der Waals surface area contributed by atoms with E-state index < -0.39 is 0 Å². The first-order chi connectivity index (χ1) is 10.3. The predicted octanol–water partition coefficient (Wildman–Crippen LogP) is 4.37. The highest BCUT2D eigenvalue weighted by atomic mass is 15.1. The van der Waals surface area contributed by atoms with Gasteiger partial charge in [0, 0.05) is 6.54 Å². The smallest absolute Gasteiger partial charge is 0.0178 e. The lowest BCUT2D eigenvalue weighted by Gasteiger charge is -2.20. The first-order valence-corrected chi connectivity index (χ1v) is 8.80. The molecule has 1 aromatic rings. The molecule has 1 aromatic carbocycles. The van der Waals surface area contributed by atoms with Gasteiger partial charge in [-0.15, -0.1) is 0 Å².